The first kappa shape index (κ1) is 17.2. The van der Waals surface area contributed by atoms with Gasteiger partial charge in [-0.05, 0) is 47.7 Å². The number of hydrogen-bond acceptors (Lipinski definition) is 2. The number of rotatable bonds is 2. The molecule has 0 amide bonds. The first-order valence-electron chi connectivity index (χ1n) is 9.30. The van der Waals surface area contributed by atoms with Crippen molar-refractivity contribution in [2.24, 2.45) is 0 Å². The Morgan fingerprint density at radius 3 is 2.30 bits per heavy atom. The molecular weight excluding hydrogens is 328 g/mol. The Morgan fingerprint density at radius 2 is 1.48 bits per heavy atom. The maximum Gasteiger partial charge on any atom is 0.0615 e. The minimum Gasteiger partial charge on any atom is -0.300 e. The molecule has 1 unspecified atom stereocenters. The number of pyridine rings is 1. The van der Waals surface area contributed by atoms with Crippen LogP contribution in [0.4, 0.5) is 0 Å². The molecule has 1 N–H and O–H groups in total. The highest BCUT2D eigenvalue weighted by molar-refractivity contribution is 6.08. The van der Waals surface area contributed by atoms with Crippen LogP contribution in [-0.4, -0.2) is 10.7 Å². The standard InChI is InChI=1S/C25H22N2/c26-24-14-6-1-2-9-17-25(20-10-4-3-5-11-20,21-15-18-27-19-16-21)23-13-8-7-12-22(23)24/h1-8,10-16,18-19,26H,9,17H2/b2-1-,14-6-,26-24?. The molecule has 1 heterocycles. The van der Waals surface area contributed by atoms with Crippen LogP contribution < -0.4 is 0 Å². The molecule has 0 saturated heterocycles. The summed E-state index contributed by atoms with van der Waals surface area (Å²) in [5, 5.41) is 8.64. The van der Waals surface area contributed by atoms with Gasteiger partial charge in [-0.15, -0.1) is 0 Å². The molecule has 3 aromatic rings. The summed E-state index contributed by atoms with van der Waals surface area (Å²) in [4.78, 5) is 4.24. The Kier molecular flexibility index (Phi) is 4.80. The molecule has 1 aliphatic carbocycles. The van der Waals surface area contributed by atoms with Crippen molar-refractivity contribution in [1.29, 1.82) is 5.41 Å². The molecule has 2 heteroatoms. The first-order valence-corrected chi connectivity index (χ1v) is 9.30. The molecule has 0 fully saturated rings. The van der Waals surface area contributed by atoms with Gasteiger partial charge >= 0.3 is 0 Å². The smallest absolute Gasteiger partial charge is 0.0615 e. The Balaban J connectivity index is 2.08. The summed E-state index contributed by atoms with van der Waals surface area (Å²) in [6.45, 7) is 0. The molecule has 0 bridgehead atoms. The molecule has 132 valence electrons. The Labute approximate surface area is 160 Å². The highest BCUT2D eigenvalue weighted by atomic mass is 14.6. The number of allylic oxidation sites excluding steroid dienone is 4. The third kappa shape index (κ3) is 3.15. The van der Waals surface area contributed by atoms with Gasteiger partial charge in [0, 0.05) is 23.4 Å². The Bertz CT molecular complexity index is 946. The van der Waals surface area contributed by atoms with Gasteiger partial charge in [-0.3, -0.25) is 4.98 Å². The van der Waals surface area contributed by atoms with Crippen molar-refractivity contribution in [1.82, 2.24) is 4.98 Å². The molecule has 27 heavy (non-hydrogen) atoms. The van der Waals surface area contributed by atoms with Gasteiger partial charge in [0.05, 0.1) is 5.71 Å². The zero-order chi connectivity index (χ0) is 18.5. The summed E-state index contributed by atoms with van der Waals surface area (Å²) >= 11 is 0. The predicted octanol–water partition coefficient (Wildman–Crippen LogP) is 5.69. The third-order valence-electron chi connectivity index (χ3n) is 5.31. The van der Waals surface area contributed by atoms with E-state index in [9.17, 15) is 0 Å². The molecule has 1 aliphatic rings. The summed E-state index contributed by atoms with van der Waals surface area (Å²) in [5.41, 5.74) is 4.81. The number of benzene rings is 2. The lowest BCUT2D eigenvalue weighted by molar-refractivity contribution is 0.564. The van der Waals surface area contributed by atoms with E-state index in [4.69, 9.17) is 5.41 Å². The van der Waals surface area contributed by atoms with Crippen molar-refractivity contribution in [3.05, 3.63) is 126 Å². The molecule has 0 aliphatic heterocycles. The van der Waals surface area contributed by atoms with Crippen molar-refractivity contribution < 1.29 is 0 Å². The van der Waals surface area contributed by atoms with E-state index in [1.54, 1.807) is 0 Å². The zero-order valence-electron chi connectivity index (χ0n) is 15.2. The maximum atomic E-state index is 8.64. The largest absolute Gasteiger partial charge is 0.300 e. The SMILES string of the molecule is N=C1/C=C\C=C/CCC(c2ccccc2)(c2ccncc2)c2ccccc21. The van der Waals surface area contributed by atoms with Gasteiger partial charge in [-0.1, -0.05) is 72.8 Å². The molecule has 2 nitrogen and oxygen atoms in total. The molecule has 4 rings (SSSR count). The van der Waals surface area contributed by atoms with Crippen LogP contribution in [0.1, 0.15) is 35.1 Å². The summed E-state index contributed by atoms with van der Waals surface area (Å²) in [7, 11) is 0. The van der Waals surface area contributed by atoms with E-state index in [2.05, 4.69) is 71.7 Å². The van der Waals surface area contributed by atoms with Crippen LogP contribution in [0.15, 0.2) is 103 Å². The van der Waals surface area contributed by atoms with Crippen molar-refractivity contribution in [2.75, 3.05) is 0 Å². The zero-order valence-corrected chi connectivity index (χ0v) is 15.2. The minimum absolute atomic E-state index is 0.331. The maximum absolute atomic E-state index is 8.64. The van der Waals surface area contributed by atoms with Gasteiger partial charge in [0.1, 0.15) is 0 Å². The Morgan fingerprint density at radius 1 is 0.778 bits per heavy atom. The van der Waals surface area contributed by atoms with Gasteiger partial charge in [-0.2, -0.15) is 0 Å². The second-order valence-corrected chi connectivity index (χ2v) is 6.79. The molecule has 1 aromatic heterocycles. The van der Waals surface area contributed by atoms with E-state index in [1.165, 1.54) is 16.7 Å². The van der Waals surface area contributed by atoms with Crippen molar-refractivity contribution >= 4 is 5.71 Å². The number of nitrogens with one attached hydrogen (secondary N) is 1. The second-order valence-electron chi connectivity index (χ2n) is 6.79. The van der Waals surface area contributed by atoms with Crippen LogP contribution >= 0.6 is 0 Å². The van der Waals surface area contributed by atoms with E-state index in [-0.39, 0.29) is 5.41 Å². The fourth-order valence-electron chi connectivity index (χ4n) is 4.07. The van der Waals surface area contributed by atoms with Gasteiger partial charge < -0.3 is 5.41 Å². The number of nitrogens with zero attached hydrogens (tertiary/aromatic N) is 1. The number of fused-ring (bicyclic) bond motifs is 1. The van der Waals surface area contributed by atoms with Crippen LogP contribution in [0.25, 0.3) is 0 Å². The van der Waals surface area contributed by atoms with Gasteiger partial charge in [-0.25, -0.2) is 0 Å². The monoisotopic (exact) mass is 350 g/mol. The molecule has 0 spiro atoms. The summed E-state index contributed by atoms with van der Waals surface area (Å²) in [5.74, 6) is 0. The van der Waals surface area contributed by atoms with Crippen molar-refractivity contribution in [3.8, 4) is 0 Å². The van der Waals surface area contributed by atoms with Gasteiger partial charge in [0.2, 0.25) is 0 Å². The van der Waals surface area contributed by atoms with Gasteiger partial charge in [0.15, 0.2) is 0 Å². The number of hydrogen-bond donors (Lipinski definition) is 1. The third-order valence-corrected chi connectivity index (χ3v) is 5.31. The van der Waals surface area contributed by atoms with E-state index in [0.717, 1.165) is 18.4 Å². The minimum atomic E-state index is -0.331. The second kappa shape index (κ2) is 7.55. The molecule has 0 saturated carbocycles. The summed E-state index contributed by atoms with van der Waals surface area (Å²) in [6.07, 6.45) is 13.7. The lowest BCUT2D eigenvalue weighted by atomic mass is 9.65. The van der Waals surface area contributed by atoms with Crippen LogP contribution in [0.5, 0.6) is 0 Å². The fourth-order valence-corrected chi connectivity index (χ4v) is 4.07. The van der Waals surface area contributed by atoms with E-state index >= 15 is 0 Å². The highest BCUT2D eigenvalue weighted by Gasteiger charge is 2.37. The fraction of sp³-hybridized carbons (Fsp3) is 0.120. The van der Waals surface area contributed by atoms with Crippen molar-refractivity contribution in [3.63, 3.8) is 0 Å². The van der Waals surface area contributed by atoms with Crippen LogP contribution in [0.3, 0.4) is 0 Å². The molecule has 0 radical (unpaired) electrons. The van der Waals surface area contributed by atoms with E-state index in [1.807, 2.05) is 36.7 Å². The lowest BCUT2D eigenvalue weighted by Gasteiger charge is -2.37. The van der Waals surface area contributed by atoms with Crippen LogP contribution in [-0.2, 0) is 5.41 Å². The highest BCUT2D eigenvalue weighted by Crippen LogP contribution is 2.44. The quantitative estimate of drug-likeness (QED) is 0.633. The molecular formula is C25H22N2. The van der Waals surface area contributed by atoms with E-state index < -0.39 is 0 Å². The predicted molar refractivity (Wildman–Crippen MR) is 111 cm³/mol. The van der Waals surface area contributed by atoms with Crippen LogP contribution in [0, 0.1) is 5.41 Å². The molecule has 1 atom stereocenters. The first-order chi connectivity index (χ1) is 13.3. The van der Waals surface area contributed by atoms with Crippen LogP contribution in [0.2, 0.25) is 0 Å². The Hall–Kier alpha value is -3.26. The van der Waals surface area contributed by atoms with E-state index in [0.29, 0.717) is 5.71 Å². The average molecular weight is 350 g/mol. The molecule has 2 aromatic carbocycles. The number of aromatic nitrogens is 1. The van der Waals surface area contributed by atoms with Gasteiger partial charge in [0.25, 0.3) is 0 Å². The summed E-state index contributed by atoms with van der Waals surface area (Å²) < 4.78 is 0. The average Bonchev–Trinajstić information content (AvgIpc) is 2.74. The summed E-state index contributed by atoms with van der Waals surface area (Å²) in [6, 6.07) is 23.2. The topological polar surface area (TPSA) is 36.7 Å². The lowest BCUT2D eigenvalue weighted by Crippen LogP contribution is -2.31. The van der Waals surface area contributed by atoms with Crippen molar-refractivity contribution in [2.45, 2.75) is 18.3 Å². The normalized spacial score (nSPS) is 21.9.